The van der Waals surface area contributed by atoms with Gasteiger partial charge in [-0.3, -0.25) is 0 Å². The zero-order valence-corrected chi connectivity index (χ0v) is 22.4. The molecule has 3 aromatic carbocycles. The van der Waals surface area contributed by atoms with E-state index in [0.29, 0.717) is 22.4 Å². The van der Waals surface area contributed by atoms with Gasteiger partial charge in [-0.25, -0.2) is 4.79 Å². The van der Waals surface area contributed by atoms with Crippen LogP contribution in [0.4, 0.5) is 0 Å². The minimum Gasteiger partial charge on any atom is -0.459 e. The van der Waals surface area contributed by atoms with Crippen LogP contribution in [0.2, 0.25) is 0 Å². The van der Waals surface area contributed by atoms with Gasteiger partial charge in [0.1, 0.15) is 6.10 Å². The van der Waals surface area contributed by atoms with Gasteiger partial charge in [-0.2, -0.15) is 0 Å². The molecule has 3 aromatic rings. The number of halogens is 1. The maximum Gasteiger partial charge on any atom is 0.347 e. The lowest BCUT2D eigenvalue weighted by atomic mass is 9.65. The lowest BCUT2D eigenvalue weighted by Crippen LogP contribution is -2.45. The lowest BCUT2D eigenvalue weighted by Gasteiger charge is -2.43. The summed E-state index contributed by atoms with van der Waals surface area (Å²) in [6, 6.07) is 27.2. The first-order chi connectivity index (χ1) is 16.8. The van der Waals surface area contributed by atoms with Crippen LogP contribution in [0, 0.1) is 11.8 Å². The number of alkyl halides is 1. The number of hydrogen-bond acceptors (Lipinski definition) is 3. The third-order valence-electron chi connectivity index (χ3n) is 7.93. The molecule has 1 fully saturated rings. The standard InChI is InChI=1S/C31H35BrO3/c1-22-14-17-27(30(2,3)24-10-6-4-7-11-24)20-28(22)35-29(33)31(34,25-12-8-5-9-13-25)26-18-15-23(21-32)16-19-26/h4-13,15-16,18-19,22,27-28,34H,14,17,20-21H2,1-3H3/t22-,27-,28+,31-/m1/s1. The van der Waals surface area contributed by atoms with Crippen LogP contribution in [-0.4, -0.2) is 17.2 Å². The van der Waals surface area contributed by atoms with E-state index in [2.05, 4.69) is 61.0 Å². The van der Waals surface area contributed by atoms with E-state index in [1.807, 2.05) is 48.5 Å². The molecule has 0 heterocycles. The van der Waals surface area contributed by atoms with Crippen molar-refractivity contribution >= 4 is 21.9 Å². The molecule has 3 nitrogen and oxygen atoms in total. The van der Waals surface area contributed by atoms with Crippen molar-refractivity contribution in [1.29, 1.82) is 0 Å². The largest absolute Gasteiger partial charge is 0.459 e. The molecule has 0 aliphatic heterocycles. The molecule has 1 saturated carbocycles. The van der Waals surface area contributed by atoms with Gasteiger partial charge in [-0.1, -0.05) is 122 Å². The summed E-state index contributed by atoms with van der Waals surface area (Å²) in [5.41, 5.74) is 1.51. The van der Waals surface area contributed by atoms with Gasteiger partial charge in [0.15, 0.2) is 0 Å². The van der Waals surface area contributed by atoms with Crippen molar-refractivity contribution in [3.8, 4) is 0 Å². The minimum atomic E-state index is -1.87. The minimum absolute atomic E-state index is 0.0344. The highest BCUT2D eigenvalue weighted by atomic mass is 79.9. The molecule has 1 N–H and O–H groups in total. The van der Waals surface area contributed by atoms with Gasteiger partial charge in [0.2, 0.25) is 5.60 Å². The quantitative estimate of drug-likeness (QED) is 0.258. The SMILES string of the molecule is C[C@@H]1CC[C@@H](C(C)(C)c2ccccc2)C[C@@H]1OC(=O)[C@@](O)(c1ccccc1)c1ccc(CBr)cc1. The Balaban J connectivity index is 1.61. The Morgan fingerprint density at radius 2 is 1.43 bits per heavy atom. The van der Waals surface area contributed by atoms with Crippen molar-refractivity contribution in [1.82, 2.24) is 0 Å². The maximum atomic E-state index is 13.8. The van der Waals surface area contributed by atoms with Gasteiger partial charge in [0, 0.05) is 5.33 Å². The van der Waals surface area contributed by atoms with Crippen molar-refractivity contribution in [2.75, 3.05) is 0 Å². The second-order valence-corrected chi connectivity index (χ2v) is 11.0. The van der Waals surface area contributed by atoms with Crippen LogP contribution in [-0.2, 0) is 25.9 Å². The predicted octanol–water partition coefficient (Wildman–Crippen LogP) is 7.14. The van der Waals surface area contributed by atoms with Crippen molar-refractivity contribution in [3.63, 3.8) is 0 Å². The molecule has 4 atom stereocenters. The Labute approximate surface area is 217 Å². The van der Waals surface area contributed by atoms with Crippen molar-refractivity contribution in [2.24, 2.45) is 11.8 Å². The summed E-state index contributed by atoms with van der Waals surface area (Å²) in [4.78, 5) is 13.8. The molecule has 1 aliphatic rings. The van der Waals surface area contributed by atoms with Crippen molar-refractivity contribution in [2.45, 2.75) is 62.5 Å². The molecule has 35 heavy (non-hydrogen) atoms. The van der Waals surface area contributed by atoms with Crippen LogP contribution >= 0.6 is 15.9 Å². The number of hydrogen-bond donors (Lipinski definition) is 1. The Kier molecular flexibility index (Phi) is 7.83. The van der Waals surface area contributed by atoms with E-state index in [9.17, 15) is 9.90 Å². The topological polar surface area (TPSA) is 46.5 Å². The van der Waals surface area contributed by atoms with E-state index >= 15 is 0 Å². The van der Waals surface area contributed by atoms with Gasteiger partial charge >= 0.3 is 5.97 Å². The Hall–Kier alpha value is -2.43. The van der Waals surface area contributed by atoms with E-state index in [4.69, 9.17) is 4.74 Å². The molecule has 0 radical (unpaired) electrons. The summed E-state index contributed by atoms with van der Waals surface area (Å²) in [7, 11) is 0. The van der Waals surface area contributed by atoms with Crippen LogP contribution in [0.25, 0.3) is 0 Å². The normalized spacial score (nSPS) is 22.3. The first-order valence-electron chi connectivity index (χ1n) is 12.5. The van der Waals surface area contributed by atoms with Gasteiger partial charge < -0.3 is 9.84 Å². The fourth-order valence-corrected chi connectivity index (χ4v) is 5.72. The lowest BCUT2D eigenvalue weighted by molar-refractivity contribution is -0.173. The van der Waals surface area contributed by atoms with Crippen molar-refractivity contribution < 1.29 is 14.6 Å². The molecule has 0 saturated heterocycles. The molecule has 0 amide bonds. The van der Waals surface area contributed by atoms with Gasteiger partial charge in [-0.05, 0) is 58.8 Å². The Bertz CT molecular complexity index is 1110. The molecule has 0 unspecified atom stereocenters. The van der Waals surface area contributed by atoms with Crippen molar-refractivity contribution in [3.05, 3.63) is 107 Å². The van der Waals surface area contributed by atoms with Gasteiger partial charge in [0.05, 0.1) is 0 Å². The summed E-state index contributed by atoms with van der Waals surface area (Å²) in [5, 5.41) is 12.6. The number of rotatable bonds is 7. The predicted molar refractivity (Wildman–Crippen MR) is 144 cm³/mol. The van der Waals surface area contributed by atoms with Gasteiger partial charge in [0.25, 0.3) is 0 Å². The summed E-state index contributed by atoms with van der Waals surface area (Å²) < 4.78 is 6.20. The van der Waals surface area contributed by atoms with E-state index in [-0.39, 0.29) is 17.4 Å². The van der Waals surface area contributed by atoms with Gasteiger partial charge in [-0.15, -0.1) is 0 Å². The summed E-state index contributed by atoms with van der Waals surface area (Å²) >= 11 is 3.46. The average molecular weight is 536 g/mol. The molecule has 0 bridgehead atoms. The highest BCUT2D eigenvalue weighted by Crippen LogP contribution is 2.44. The highest BCUT2D eigenvalue weighted by molar-refractivity contribution is 9.08. The van der Waals surface area contributed by atoms with E-state index in [1.54, 1.807) is 12.1 Å². The number of ether oxygens (including phenoxy) is 1. The molecule has 0 aromatic heterocycles. The Morgan fingerprint density at radius 3 is 2.00 bits per heavy atom. The summed E-state index contributed by atoms with van der Waals surface area (Å²) in [5.74, 6) is 0.00445. The summed E-state index contributed by atoms with van der Waals surface area (Å²) in [6.45, 7) is 6.72. The molecule has 1 aliphatic carbocycles. The monoisotopic (exact) mass is 534 g/mol. The molecular weight excluding hydrogens is 500 g/mol. The third-order valence-corrected chi connectivity index (χ3v) is 8.58. The van der Waals surface area contributed by atoms with Crippen LogP contribution in [0.15, 0.2) is 84.9 Å². The van der Waals surface area contributed by atoms with Crippen LogP contribution in [0.1, 0.15) is 62.3 Å². The smallest absolute Gasteiger partial charge is 0.347 e. The zero-order chi connectivity index (χ0) is 25.1. The fraction of sp³-hybridized carbons (Fsp3) is 0.387. The maximum absolute atomic E-state index is 13.8. The molecule has 0 spiro atoms. The fourth-order valence-electron chi connectivity index (χ4n) is 5.34. The van der Waals surface area contributed by atoms with E-state index < -0.39 is 11.6 Å². The molecule has 4 heteroatoms. The third kappa shape index (κ3) is 5.24. The highest BCUT2D eigenvalue weighted by Gasteiger charge is 2.45. The van der Waals surface area contributed by atoms with E-state index in [1.165, 1.54) is 5.56 Å². The van der Waals surface area contributed by atoms with Crippen LogP contribution in [0.5, 0.6) is 0 Å². The van der Waals surface area contributed by atoms with Crippen LogP contribution < -0.4 is 0 Å². The molecule has 4 rings (SSSR count). The second-order valence-electron chi connectivity index (χ2n) is 10.4. The Morgan fingerprint density at radius 1 is 0.886 bits per heavy atom. The molecular formula is C31H35BrO3. The first-order valence-corrected chi connectivity index (χ1v) is 13.6. The van der Waals surface area contributed by atoms with E-state index in [0.717, 1.165) is 24.8 Å². The number of carbonyl (C=O) groups is 1. The number of carbonyl (C=O) groups excluding carboxylic acids is 1. The molecule has 184 valence electrons. The number of esters is 1. The number of benzene rings is 3. The second kappa shape index (κ2) is 10.7. The van der Waals surface area contributed by atoms with Crippen LogP contribution in [0.3, 0.4) is 0 Å². The zero-order valence-electron chi connectivity index (χ0n) is 20.8. The summed E-state index contributed by atoms with van der Waals surface area (Å²) in [6.07, 6.45) is 2.61. The average Bonchev–Trinajstić information content (AvgIpc) is 2.90. The first kappa shape index (κ1) is 25.7. The number of aliphatic hydroxyl groups is 1.